The second-order valence-corrected chi connectivity index (χ2v) is 8.17. The first-order valence-corrected chi connectivity index (χ1v) is 11.6. The van der Waals surface area contributed by atoms with Crippen LogP contribution in [0.3, 0.4) is 0 Å². The number of ether oxygens (including phenoxy) is 2. The predicted molar refractivity (Wildman–Crippen MR) is 124 cm³/mol. The lowest BCUT2D eigenvalue weighted by molar-refractivity contribution is -0.166. The number of aryl methyl sites for hydroxylation is 3. The van der Waals surface area contributed by atoms with Crippen LogP contribution >= 0.6 is 0 Å². The highest BCUT2D eigenvalue weighted by atomic mass is 16.7. The number of para-hydroxylation sites is 1. The fraction of sp³-hybridized carbons (Fsp3) is 0.462. The van der Waals surface area contributed by atoms with Gasteiger partial charge in [-0.2, -0.15) is 5.06 Å². The van der Waals surface area contributed by atoms with E-state index in [0.29, 0.717) is 13.2 Å². The largest absolute Gasteiger partial charge is 0.489 e. The number of carbonyl (C=O) groups excluding carboxylic acids is 1. The molecule has 1 heterocycles. The van der Waals surface area contributed by atoms with Crippen molar-refractivity contribution in [3.05, 3.63) is 65.2 Å². The van der Waals surface area contributed by atoms with E-state index in [9.17, 15) is 9.59 Å². The van der Waals surface area contributed by atoms with Crippen LogP contribution in [0.25, 0.3) is 0 Å². The van der Waals surface area contributed by atoms with Crippen LogP contribution < -0.4 is 4.74 Å². The minimum atomic E-state index is -1.03. The van der Waals surface area contributed by atoms with E-state index in [0.717, 1.165) is 43.5 Å². The van der Waals surface area contributed by atoms with Crippen molar-refractivity contribution in [2.24, 2.45) is 0 Å². The number of carbonyl (C=O) groups is 2. The number of hydrogen-bond donors (Lipinski definition) is 1. The van der Waals surface area contributed by atoms with Gasteiger partial charge in [-0.1, -0.05) is 49.4 Å². The van der Waals surface area contributed by atoms with E-state index >= 15 is 0 Å². The Labute approximate surface area is 195 Å². The number of nitrogens with zero attached hydrogens (tertiary/aromatic N) is 1. The van der Waals surface area contributed by atoms with Gasteiger partial charge in [0.15, 0.2) is 6.10 Å². The lowest BCUT2D eigenvalue weighted by atomic mass is 10.0. The number of carboxylic acids is 1. The smallest absolute Gasteiger partial charge is 0.306 e. The third-order valence-corrected chi connectivity index (χ3v) is 5.55. The molecule has 0 spiro atoms. The lowest BCUT2D eigenvalue weighted by Crippen LogP contribution is -2.37. The van der Waals surface area contributed by atoms with Crippen LogP contribution in [0.4, 0.5) is 0 Å². The SMILES string of the molecule is CCc1cccc(CCc2ccccc2OCC(CN2CCCO2)OC(=O)CCC(=O)O)c1. The summed E-state index contributed by atoms with van der Waals surface area (Å²) >= 11 is 0. The van der Waals surface area contributed by atoms with Crippen molar-refractivity contribution in [3.63, 3.8) is 0 Å². The molecular weight excluding hydrogens is 422 g/mol. The van der Waals surface area contributed by atoms with Gasteiger partial charge < -0.3 is 14.6 Å². The summed E-state index contributed by atoms with van der Waals surface area (Å²) in [5, 5.41) is 10.6. The Bertz CT molecular complexity index is 909. The molecule has 33 heavy (non-hydrogen) atoms. The number of hydrogen-bond acceptors (Lipinski definition) is 6. The number of carboxylic acid groups (broad SMARTS) is 1. The standard InChI is InChI=1S/C26H33NO6/c1-2-20-7-5-8-21(17-20)11-12-22-9-3-4-10-24(22)31-19-23(18-27-15-6-16-32-27)33-26(30)14-13-25(28)29/h3-5,7-10,17,23H,2,6,11-16,18-19H2,1H3,(H,28,29). The zero-order chi connectivity index (χ0) is 23.5. The summed E-state index contributed by atoms with van der Waals surface area (Å²) in [6.45, 7) is 4.10. The summed E-state index contributed by atoms with van der Waals surface area (Å²) in [4.78, 5) is 28.4. The Morgan fingerprint density at radius 3 is 2.67 bits per heavy atom. The van der Waals surface area contributed by atoms with Crippen LogP contribution in [-0.2, 0) is 38.4 Å². The van der Waals surface area contributed by atoms with Crippen molar-refractivity contribution in [2.75, 3.05) is 26.3 Å². The van der Waals surface area contributed by atoms with Gasteiger partial charge in [-0.05, 0) is 48.4 Å². The van der Waals surface area contributed by atoms with Gasteiger partial charge in [-0.15, -0.1) is 0 Å². The Hall–Kier alpha value is -2.90. The highest BCUT2D eigenvalue weighted by Crippen LogP contribution is 2.21. The molecule has 0 aromatic heterocycles. The molecule has 0 saturated carbocycles. The van der Waals surface area contributed by atoms with E-state index in [4.69, 9.17) is 19.4 Å². The molecule has 0 bridgehead atoms. The van der Waals surface area contributed by atoms with Gasteiger partial charge in [-0.3, -0.25) is 14.4 Å². The molecule has 1 aliphatic heterocycles. The molecule has 7 heteroatoms. The van der Waals surface area contributed by atoms with Gasteiger partial charge in [0.2, 0.25) is 0 Å². The van der Waals surface area contributed by atoms with E-state index in [1.807, 2.05) is 18.2 Å². The van der Waals surface area contributed by atoms with Crippen molar-refractivity contribution >= 4 is 11.9 Å². The number of esters is 1. The highest BCUT2D eigenvalue weighted by molar-refractivity contribution is 5.76. The molecule has 1 fully saturated rings. The zero-order valence-corrected chi connectivity index (χ0v) is 19.2. The summed E-state index contributed by atoms with van der Waals surface area (Å²) in [6.07, 6.45) is 2.70. The molecule has 2 aromatic rings. The Balaban J connectivity index is 1.60. The van der Waals surface area contributed by atoms with Crippen molar-refractivity contribution < 1.29 is 29.0 Å². The molecule has 1 saturated heterocycles. The number of hydroxylamine groups is 2. The molecular formula is C26H33NO6. The third kappa shape index (κ3) is 8.51. The van der Waals surface area contributed by atoms with Crippen molar-refractivity contribution in [3.8, 4) is 5.75 Å². The Morgan fingerprint density at radius 1 is 1.09 bits per heavy atom. The van der Waals surface area contributed by atoms with Gasteiger partial charge in [0, 0.05) is 6.54 Å². The number of rotatable bonds is 13. The van der Waals surface area contributed by atoms with E-state index < -0.39 is 18.0 Å². The van der Waals surface area contributed by atoms with Gasteiger partial charge in [0.1, 0.15) is 12.4 Å². The Kier molecular flexibility index (Phi) is 9.72. The summed E-state index contributed by atoms with van der Waals surface area (Å²) in [5.74, 6) is -0.812. The molecule has 178 valence electrons. The van der Waals surface area contributed by atoms with Gasteiger partial charge >= 0.3 is 11.9 Å². The van der Waals surface area contributed by atoms with Crippen molar-refractivity contribution in [1.29, 1.82) is 0 Å². The van der Waals surface area contributed by atoms with E-state index in [-0.39, 0.29) is 19.4 Å². The summed E-state index contributed by atoms with van der Waals surface area (Å²) < 4.78 is 11.6. The normalized spacial score (nSPS) is 14.7. The fourth-order valence-corrected chi connectivity index (χ4v) is 3.77. The molecule has 0 aliphatic carbocycles. The van der Waals surface area contributed by atoms with Gasteiger partial charge in [0.25, 0.3) is 0 Å². The second kappa shape index (κ2) is 13.0. The van der Waals surface area contributed by atoms with Gasteiger partial charge in [-0.25, -0.2) is 0 Å². The molecule has 1 N–H and O–H groups in total. The fourth-order valence-electron chi connectivity index (χ4n) is 3.77. The summed E-state index contributed by atoms with van der Waals surface area (Å²) in [5.41, 5.74) is 3.71. The maximum atomic E-state index is 12.1. The van der Waals surface area contributed by atoms with Gasteiger partial charge in [0.05, 0.1) is 26.0 Å². The molecule has 0 radical (unpaired) electrons. The molecule has 2 aromatic carbocycles. The number of aliphatic carboxylic acids is 1. The summed E-state index contributed by atoms with van der Waals surface area (Å²) in [7, 11) is 0. The van der Waals surface area contributed by atoms with Crippen LogP contribution in [0, 0.1) is 0 Å². The van der Waals surface area contributed by atoms with Crippen LogP contribution in [0.2, 0.25) is 0 Å². The van der Waals surface area contributed by atoms with Crippen molar-refractivity contribution in [2.45, 2.75) is 51.6 Å². The minimum absolute atomic E-state index is 0.167. The first-order valence-electron chi connectivity index (χ1n) is 11.6. The molecule has 0 amide bonds. The predicted octanol–water partition coefficient (Wildman–Crippen LogP) is 3.83. The maximum absolute atomic E-state index is 12.1. The maximum Gasteiger partial charge on any atom is 0.306 e. The van der Waals surface area contributed by atoms with Crippen LogP contribution in [0.1, 0.15) is 42.9 Å². The zero-order valence-electron chi connectivity index (χ0n) is 19.2. The first-order chi connectivity index (χ1) is 16.0. The van der Waals surface area contributed by atoms with Crippen LogP contribution in [0.15, 0.2) is 48.5 Å². The topological polar surface area (TPSA) is 85.3 Å². The quantitative estimate of drug-likeness (QED) is 0.460. The monoisotopic (exact) mass is 455 g/mol. The Morgan fingerprint density at radius 2 is 1.91 bits per heavy atom. The van der Waals surface area contributed by atoms with Crippen LogP contribution in [0.5, 0.6) is 5.75 Å². The first kappa shape index (κ1) is 24.7. The molecule has 1 aliphatic rings. The van der Waals surface area contributed by atoms with Crippen molar-refractivity contribution in [1.82, 2.24) is 5.06 Å². The van der Waals surface area contributed by atoms with E-state index in [2.05, 4.69) is 37.3 Å². The summed E-state index contributed by atoms with van der Waals surface area (Å²) in [6, 6.07) is 16.5. The molecule has 1 atom stereocenters. The highest BCUT2D eigenvalue weighted by Gasteiger charge is 2.23. The molecule has 3 rings (SSSR count). The second-order valence-electron chi connectivity index (χ2n) is 8.17. The lowest BCUT2D eigenvalue weighted by Gasteiger charge is -2.23. The molecule has 7 nitrogen and oxygen atoms in total. The van der Waals surface area contributed by atoms with E-state index in [1.54, 1.807) is 5.06 Å². The molecule has 1 unspecified atom stereocenters. The van der Waals surface area contributed by atoms with Crippen LogP contribution in [-0.4, -0.2) is 54.5 Å². The number of benzene rings is 2. The minimum Gasteiger partial charge on any atom is -0.489 e. The average molecular weight is 456 g/mol. The third-order valence-electron chi connectivity index (χ3n) is 5.55. The average Bonchev–Trinajstić information content (AvgIpc) is 3.33. The van der Waals surface area contributed by atoms with E-state index in [1.165, 1.54) is 11.1 Å².